The van der Waals surface area contributed by atoms with Gasteiger partial charge in [0.15, 0.2) is 0 Å². The highest BCUT2D eigenvalue weighted by Crippen LogP contribution is 2.23. The standard InChI is InChI=1S/C15H16FN3O2/c1-9-8-10(6-7-13(9)21-2)18-15(20)11-4-3-5-12(16)14(11)19-17/h3-8,19H,17H2,1-2H3,(H,18,20). The number of nitrogen functional groups attached to an aromatic ring is 1. The lowest BCUT2D eigenvalue weighted by Crippen LogP contribution is -2.18. The van der Waals surface area contributed by atoms with Crippen LogP contribution < -0.4 is 21.3 Å². The fourth-order valence-corrected chi connectivity index (χ4v) is 2.01. The molecule has 0 saturated carbocycles. The second kappa shape index (κ2) is 6.23. The average Bonchev–Trinajstić information content (AvgIpc) is 2.47. The smallest absolute Gasteiger partial charge is 0.257 e. The van der Waals surface area contributed by atoms with Crippen molar-refractivity contribution in [3.05, 3.63) is 53.3 Å². The zero-order valence-electron chi connectivity index (χ0n) is 11.7. The first-order chi connectivity index (χ1) is 10.1. The molecule has 0 bridgehead atoms. The van der Waals surface area contributed by atoms with E-state index in [-0.39, 0.29) is 11.3 Å². The number of ether oxygens (including phenoxy) is 1. The SMILES string of the molecule is COc1ccc(NC(=O)c2cccc(F)c2NN)cc1C. The van der Waals surface area contributed by atoms with E-state index < -0.39 is 11.7 Å². The van der Waals surface area contributed by atoms with Crippen LogP contribution in [-0.2, 0) is 0 Å². The first-order valence-electron chi connectivity index (χ1n) is 6.28. The van der Waals surface area contributed by atoms with Crippen molar-refractivity contribution in [3.8, 4) is 5.75 Å². The number of benzene rings is 2. The van der Waals surface area contributed by atoms with Crippen LogP contribution in [0.15, 0.2) is 36.4 Å². The second-order valence-corrected chi connectivity index (χ2v) is 4.45. The van der Waals surface area contributed by atoms with Crippen molar-refractivity contribution in [1.82, 2.24) is 0 Å². The predicted molar refractivity (Wildman–Crippen MR) is 79.9 cm³/mol. The second-order valence-electron chi connectivity index (χ2n) is 4.45. The van der Waals surface area contributed by atoms with Crippen molar-refractivity contribution in [2.75, 3.05) is 17.9 Å². The minimum Gasteiger partial charge on any atom is -0.496 e. The predicted octanol–water partition coefficient (Wildman–Crippen LogP) is 2.68. The van der Waals surface area contributed by atoms with Crippen molar-refractivity contribution < 1.29 is 13.9 Å². The summed E-state index contributed by atoms with van der Waals surface area (Å²) in [6.07, 6.45) is 0. The molecule has 5 nitrogen and oxygen atoms in total. The van der Waals surface area contributed by atoms with Crippen LogP contribution in [0, 0.1) is 12.7 Å². The quantitative estimate of drug-likeness (QED) is 0.597. The number of halogens is 1. The highest BCUT2D eigenvalue weighted by molar-refractivity contribution is 6.08. The molecule has 0 aliphatic carbocycles. The Bertz CT molecular complexity index is 674. The van der Waals surface area contributed by atoms with E-state index in [0.29, 0.717) is 5.69 Å². The van der Waals surface area contributed by atoms with Crippen molar-refractivity contribution in [2.45, 2.75) is 6.92 Å². The van der Waals surface area contributed by atoms with Crippen molar-refractivity contribution in [3.63, 3.8) is 0 Å². The van der Waals surface area contributed by atoms with Crippen molar-refractivity contribution in [2.24, 2.45) is 5.84 Å². The van der Waals surface area contributed by atoms with Gasteiger partial charge >= 0.3 is 0 Å². The molecular formula is C15H16FN3O2. The Kier molecular flexibility index (Phi) is 4.39. The third-order valence-electron chi connectivity index (χ3n) is 3.06. The molecule has 0 aromatic heterocycles. The maximum atomic E-state index is 13.6. The van der Waals surface area contributed by atoms with Crippen molar-refractivity contribution in [1.29, 1.82) is 0 Å². The van der Waals surface area contributed by atoms with Gasteiger partial charge in [-0.05, 0) is 42.8 Å². The molecule has 110 valence electrons. The molecular weight excluding hydrogens is 273 g/mol. The lowest BCUT2D eigenvalue weighted by Gasteiger charge is -2.12. The molecule has 0 heterocycles. The van der Waals surface area contributed by atoms with Crippen LogP contribution in [0.3, 0.4) is 0 Å². The van der Waals surface area contributed by atoms with Gasteiger partial charge in [0.25, 0.3) is 5.91 Å². The number of hydrogen-bond donors (Lipinski definition) is 3. The number of carbonyl (C=O) groups excluding carboxylic acids is 1. The summed E-state index contributed by atoms with van der Waals surface area (Å²) >= 11 is 0. The maximum absolute atomic E-state index is 13.6. The molecule has 0 aliphatic heterocycles. The lowest BCUT2D eigenvalue weighted by atomic mass is 10.1. The number of hydrogen-bond acceptors (Lipinski definition) is 4. The molecule has 2 aromatic carbocycles. The summed E-state index contributed by atoms with van der Waals surface area (Å²) in [6, 6.07) is 9.39. The number of aryl methyl sites for hydroxylation is 1. The average molecular weight is 289 g/mol. The molecule has 0 aliphatic rings. The summed E-state index contributed by atoms with van der Waals surface area (Å²) in [4.78, 5) is 12.2. The van der Waals surface area contributed by atoms with Gasteiger partial charge in [0, 0.05) is 5.69 Å². The van der Waals surface area contributed by atoms with Crippen LogP contribution in [-0.4, -0.2) is 13.0 Å². The molecule has 1 amide bonds. The number of nitrogens with one attached hydrogen (secondary N) is 2. The number of methoxy groups -OCH3 is 1. The Hall–Kier alpha value is -2.60. The van der Waals surface area contributed by atoms with E-state index in [1.165, 1.54) is 18.2 Å². The summed E-state index contributed by atoms with van der Waals surface area (Å²) in [5.74, 6) is 4.94. The summed E-state index contributed by atoms with van der Waals surface area (Å²) in [5.41, 5.74) is 3.76. The van der Waals surface area contributed by atoms with Crippen molar-refractivity contribution >= 4 is 17.3 Å². The number of nitrogens with two attached hydrogens (primary N) is 1. The van der Waals surface area contributed by atoms with Gasteiger partial charge in [-0.15, -0.1) is 0 Å². The molecule has 0 atom stereocenters. The number of rotatable bonds is 4. The third kappa shape index (κ3) is 3.11. The Labute approximate surface area is 121 Å². The van der Waals surface area contributed by atoms with Crippen LogP contribution in [0.5, 0.6) is 5.75 Å². The Morgan fingerprint density at radius 1 is 1.29 bits per heavy atom. The monoisotopic (exact) mass is 289 g/mol. The highest BCUT2D eigenvalue weighted by Gasteiger charge is 2.14. The molecule has 4 N–H and O–H groups in total. The van der Waals surface area contributed by atoms with Gasteiger partial charge < -0.3 is 15.5 Å². The zero-order chi connectivity index (χ0) is 15.4. The van der Waals surface area contributed by atoms with Gasteiger partial charge in [0.2, 0.25) is 0 Å². The van der Waals surface area contributed by atoms with E-state index in [0.717, 1.165) is 11.3 Å². The van der Waals surface area contributed by atoms with Gasteiger partial charge in [-0.25, -0.2) is 4.39 Å². The molecule has 6 heteroatoms. The molecule has 0 saturated heterocycles. The maximum Gasteiger partial charge on any atom is 0.257 e. The van der Waals surface area contributed by atoms with Crippen LogP contribution in [0.2, 0.25) is 0 Å². The van der Waals surface area contributed by atoms with Crippen LogP contribution >= 0.6 is 0 Å². The Morgan fingerprint density at radius 2 is 2.05 bits per heavy atom. The number of para-hydroxylation sites is 1. The van der Waals surface area contributed by atoms with E-state index in [1.807, 2.05) is 6.92 Å². The van der Waals surface area contributed by atoms with E-state index >= 15 is 0 Å². The number of amides is 1. The van der Waals surface area contributed by atoms with E-state index in [4.69, 9.17) is 10.6 Å². The minimum absolute atomic E-state index is 0.0415. The fourth-order valence-electron chi connectivity index (χ4n) is 2.01. The van der Waals surface area contributed by atoms with Gasteiger partial charge in [-0.2, -0.15) is 0 Å². The first-order valence-corrected chi connectivity index (χ1v) is 6.28. The van der Waals surface area contributed by atoms with Gasteiger partial charge in [0.1, 0.15) is 11.6 Å². The van der Waals surface area contributed by atoms with Crippen LogP contribution in [0.25, 0.3) is 0 Å². The molecule has 21 heavy (non-hydrogen) atoms. The molecule has 0 unspecified atom stereocenters. The van der Waals surface area contributed by atoms with Crippen LogP contribution in [0.4, 0.5) is 15.8 Å². The largest absolute Gasteiger partial charge is 0.496 e. The number of anilines is 2. The molecule has 0 radical (unpaired) electrons. The van der Waals surface area contributed by atoms with Gasteiger partial charge in [-0.3, -0.25) is 10.6 Å². The summed E-state index contributed by atoms with van der Waals surface area (Å²) < 4.78 is 18.7. The third-order valence-corrected chi connectivity index (χ3v) is 3.06. The first kappa shape index (κ1) is 14.8. The van der Waals surface area contributed by atoms with Gasteiger partial charge in [-0.1, -0.05) is 6.07 Å². The minimum atomic E-state index is -0.587. The fraction of sp³-hybridized carbons (Fsp3) is 0.133. The summed E-state index contributed by atoms with van der Waals surface area (Å²) in [6.45, 7) is 1.86. The Morgan fingerprint density at radius 3 is 2.67 bits per heavy atom. The molecule has 2 aromatic rings. The van der Waals surface area contributed by atoms with E-state index in [9.17, 15) is 9.18 Å². The molecule has 2 rings (SSSR count). The lowest BCUT2D eigenvalue weighted by molar-refractivity contribution is 0.102. The summed E-state index contributed by atoms with van der Waals surface area (Å²) in [7, 11) is 1.58. The topological polar surface area (TPSA) is 76.4 Å². The molecule has 0 fully saturated rings. The summed E-state index contributed by atoms with van der Waals surface area (Å²) in [5, 5.41) is 2.70. The van der Waals surface area contributed by atoms with E-state index in [2.05, 4.69) is 10.7 Å². The molecule has 0 spiro atoms. The number of carbonyl (C=O) groups is 1. The number of hydrazine groups is 1. The normalized spacial score (nSPS) is 10.1. The highest BCUT2D eigenvalue weighted by atomic mass is 19.1. The zero-order valence-corrected chi connectivity index (χ0v) is 11.7. The van der Waals surface area contributed by atoms with E-state index in [1.54, 1.807) is 25.3 Å². The van der Waals surface area contributed by atoms with Crippen LogP contribution in [0.1, 0.15) is 15.9 Å². The Balaban J connectivity index is 2.26. The van der Waals surface area contributed by atoms with Gasteiger partial charge in [0.05, 0.1) is 18.4 Å².